The zero-order chi connectivity index (χ0) is 17.9. The lowest BCUT2D eigenvalue weighted by Crippen LogP contribution is -2.38. The van der Waals surface area contributed by atoms with Crippen molar-refractivity contribution in [3.8, 4) is 0 Å². The molecule has 0 spiro atoms. The van der Waals surface area contributed by atoms with Gasteiger partial charge in [-0.15, -0.1) is 0 Å². The Labute approximate surface area is 155 Å². The molecule has 0 saturated carbocycles. The maximum absolute atomic E-state index is 6.56. The fourth-order valence-electron chi connectivity index (χ4n) is 3.87. The summed E-state index contributed by atoms with van der Waals surface area (Å²) < 4.78 is 6.56. The molecule has 24 heavy (non-hydrogen) atoms. The van der Waals surface area contributed by atoms with E-state index in [9.17, 15) is 0 Å². The molecule has 0 aromatic rings. The van der Waals surface area contributed by atoms with E-state index in [4.69, 9.17) is 4.43 Å². The van der Waals surface area contributed by atoms with Crippen LogP contribution in [0.4, 0.5) is 0 Å². The van der Waals surface area contributed by atoms with Crippen molar-refractivity contribution in [3.63, 3.8) is 0 Å². The van der Waals surface area contributed by atoms with Gasteiger partial charge in [0.15, 0.2) is 8.32 Å². The van der Waals surface area contributed by atoms with Crippen LogP contribution in [0.1, 0.15) is 118 Å². The van der Waals surface area contributed by atoms with Gasteiger partial charge in [-0.2, -0.15) is 0 Å². The predicted octanol–water partition coefficient (Wildman–Crippen LogP) is 8.49. The smallest absolute Gasteiger partial charge is 0.192 e. The molecule has 0 aromatic carbocycles. The topological polar surface area (TPSA) is 9.23 Å². The zero-order valence-corrected chi connectivity index (χ0v) is 18.6. The Morgan fingerprint density at radius 3 is 1.17 bits per heavy atom. The normalized spacial score (nSPS) is 12.0. The van der Waals surface area contributed by atoms with Crippen LogP contribution in [0.2, 0.25) is 18.1 Å². The maximum Gasteiger partial charge on any atom is 0.192 e. The molecule has 0 amide bonds. The van der Waals surface area contributed by atoms with E-state index in [0.29, 0.717) is 0 Å². The highest BCUT2D eigenvalue weighted by atomic mass is 28.4. The van der Waals surface area contributed by atoms with Crippen LogP contribution in [0.5, 0.6) is 0 Å². The molecule has 0 aliphatic rings. The van der Waals surface area contributed by atoms with Gasteiger partial charge in [-0.1, -0.05) is 111 Å². The molecule has 0 atom stereocenters. The Kier molecular flexibility index (Phi) is 18.1. The number of unbranched alkanes of at least 4 members (excludes halogenated alkanes) is 11. The number of hydrogen-bond donors (Lipinski definition) is 0. The third-order valence-corrected chi connectivity index (χ3v) is 10.1. The van der Waals surface area contributed by atoms with Gasteiger partial charge in [0.05, 0.1) is 0 Å². The summed E-state index contributed by atoms with van der Waals surface area (Å²) >= 11 is 0. The Bertz CT molecular complexity index is 230. The van der Waals surface area contributed by atoms with Gasteiger partial charge in [-0.05, 0) is 25.1 Å². The molecule has 0 radical (unpaired) electrons. The lowest BCUT2D eigenvalue weighted by Gasteiger charge is -2.32. The van der Waals surface area contributed by atoms with Gasteiger partial charge in [-0.25, -0.2) is 0 Å². The molecule has 1 nitrogen and oxygen atoms in total. The lowest BCUT2D eigenvalue weighted by atomic mass is 10.1. The van der Waals surface area contributed by atoms with Crippen molar-refractivity contribution in [3.05, 3.63) is 0 Å². The molecule has 0 unspecified atom stereocenters. The Hall–Kier alpha value is 0.177. The first-order valence-corrected chi connectivity index (χ1v) is 13.9. The van der Waals surface area contributed by atoms with Gasteiger partial charge >= 0.3 is 0 Å². The third kappa shape index (κ3) is 13.5. The summed E-state index contributed by atoms with van der Waals surface area (Å²) in [6.07, 6.45) is 19.7. The molecule has 0 aromatic heterocycles. The maximum atomic E-state index is 6.56. The first-order chi connectivity index (χ1) is 11.7. The molecule has 0 N–H and O–H groups in total. The zero-order valence-electron chi connectivity index (χ0n) is 17.6. The van der Waals surface area contributed by atoms with Crippen LogP contribution >= 0.6 is 0 Å². The molecule has 0 saturated heterocycles. The van der Waals surface area contributed by atoms with E-state index in [0.717, 1.165) is 6.61 Å². The standard InChI is InChI=1S/C22H48OSi/c1-5-9-12-15-16-19-22-24(23-8-4,20-17-13-10-6-2)21-18-14-11-7-3/h5-22H2,1-4H3. The second kappa shape index (κ2) is 18.0. The molecule has 0 aliphatic carbocycles. The van der Waals surface area contributed by atoms with Gasteiger partial charge in [0.1, 0.15) is 0 Å². The minimum absolute atomic E-state index is 0.948. The first-order valence-electron chi connectivity index (χ1n) is 11.4. The largest absolute Gasteiger partial charge is 0.417 e. The minimum atomic E-state index is -1.46. The molecule has 2 heteroatoms. The summed E-state index contributed by atoms with van der Waals surface area (Å²) in [6, 6.07) is 4.30. The van der Waals surface area contributed by atoms with Gasteiger partial charge in [0.25, 0.3) is 0 Å². The second-order valence-electron chi connectivity index (χ2n) is 7.76. The molecule has 0 bridgehead atoms. The summed E-state index contributed by atoms with van der Waals surface area (Å²) in [7, 11) is -1.46. The van der Waals surface area contributed by atoms with E-state index < -0.39 is 8.32 Å². The van der Waals surface area contributed by atoms with Gasteiger partial charge in [0.2, 0.25) is 0 Å². The van der Waals surface area contributed by atoms with Crippen LogP contribution in [0.25, 0.3) is 0 Å². The number of hydrogen-bond acceptors (Lipinski definition) is 1. The van der Waals surface area contributed by atoms with E-state index in [2.05, 4.69) is 27.7 Å². The fraction of sp³-hybridized carbons (Fsp3) is 1.00. The molecular weight excluding hydrogens is 308 g/mol. The molecule has 0 heterocycles. The van der Waals surface area contributed by atoms with Crippen LogP contribution < -0.4 is 0 Å². The quantitative estimate of drug-likeness (QED) is 0.166. The van der Waals surface area contributed by atoms with Crippen molar-refractivity contribution in [2.24, 2.45) is 0 Å². The van der Waals surface area contributed by atoms with E-state index in [1.807, 2.05) is 0 Å². The first kappa shape index (κ1) is 24.2. The summed E-state index contributed by atoms with van der Waals surface area (Å²) in [5, 5.41) is 0. The van der Waals surface area contributed by atoms with E-state index in [1.54, 1.807) is 0 Å². The molecule has 0 aliphatic heterocycles. The van der Waals surface area contributed by atoms with Crippen molar-refractivity contribution < 1.29 is 4.43 Å². The van der Waals surface area contributed by atoms with E-state index >= 15 is 0 Å². The Morgan fingerprint density at radius 2 is 0.792 bits per heavy atom. The summed E-state index contributed by atoms with van der Waals surface area (Å²) in [5.74, 6) is 0. The van der Waals surface area contributed by atoms with E-state index in [1.165, 1.54) is 108 Å². The van der Waals surface area contributed by atoms with Crippen LogP contribution in [0.3, 0.4) is 0 Å². The van der Waals surface area contributed by atoms with E-state index in [-0.39, 0.29) is 0 Å². The van der Waals surface area contributed by atoms with Crippen LogP contribution in [0, 0.1) is 0 Å². The monoisotopic (exact) mass is 356 g/mol. The van der Waals surface area contributed by atoms with Crippen molar-refractivity contribution in [1.82, 2.24) is 0 Å². The average molecular weight is 357 g/mol. The van der Waals surface area contributed by atoms with Gasteiger partial charge in [-0.3, -0.25) is 0 Å². The van der Waals surface area contributed by atoms with Gasteiger partial charge < -0.3 is 4.43 Å². The summed E-state index contributed by atoms with van der Waals surface area (Å²) in [4.78, 5) is 0. The molecular formula is C22H48OSi. The highest BCUT2D eigenvalue weighted by Gasteiger charge is 2.32. The molecule has 0 rings (SSSR count). The van der Waals surface area contributed by atoms with Crippen LogP contribution in [-0.4, -0.2) is 14.9 Å². The highest BCUT2D eigenvalue weighted by Crippen LogP contribution is 2.30. The highest BCUT2D eigenvalue weighted by molar-refractivity contribution is 6.73. The van der Waals surface area contributed by atoms with Crippen molar-refractivity contribution in [2.45, 2.75) is 136 Å². The van der Waals surface area contributed by atoms with Crippen LogP contribution in [0.15, 0.2) is 0 Å². The van der Waals surface area contributed by atoms with Gasteiger partial charge in [0, 0.05) is 6.61 Å². The molecule has 0 fully saturated rings. The fourth-order valence-corrected chi connectivity index (χ4v) is 8.35. The summed E-state index contributed by atoms with van der Waals surface area (Å²) in [6.45, 7) is 10.1. The summed E-state index contributed by atoms with van der Waals surface area (Å²) in [5.41, 5.74) is 0. The lowest BCUT2D eigenvalue weighted by molar-refractivity contribution is 0.313. The van der Waals surface area contributed by atoms with Crippen molar-refractivity contribution in [1.29, 1.82) is 0 Å². The minimum Gasteiger partial charge on any atom is -0.417 e. The molecule has 146 valence electrons. The Balaban J connectivity index is 4.36. The van der Waals surface area contributed by atoms with Crippen molar-refractivity contribution in [2.75, 3.05) is 6.61 Å². The number of rotatable bonds is 19. The van der Waals surface area contributed by atoms with Crippen LogP contribution in [-0.2, 0) is 4.43 Å². The third-order valence-electron chi connectivity index (χ3n) is 5.41. The Morgan fingerprint density at radius 1 is 0.458 bits per heavy atom. The van der Waals surface area contributed by atoms with Crippen molar-refractivity contribution >= 4 is 8.32 Å². The second-order valence-corrected chi connectivity index (χ2v) is 11.9. The SMILES string of the molecule is CCCCCCCC[Si](CCCCCC)(CCCCCC)OCC. The average Bonchev–Trinajstić information content (AvgIpc) is 2.59. The predicted molar refractivity (Wildman–Crippen MR) is 113 cm³/mol.